The van der Waals surface area contributed by atoms with Crippen molar-refractivity contribution in [2.75, 3.05) is 22.9 Å². The molecule has 7 nitrogen and oxygen atoms in total. The van der Waals surface area contributed by atoms with Gasteiger partial charge in [0.1, 0.15) is 5.15 Å². The van der Waals surface area contributed by atoms with Crippen LogP contribution in [0.2, 0.25) is 10.4 Å². The fraction of sp³-hybridized carbons (Fsp3) is 0.438. The van der Waals surface area contributed by atoms with E-state index < -0.39 is 17.9 Å². The second kappa shape index (κ2) is 5.93. The van der Waals surface area contributed by atoms with E-state index in [2.05, 4.69) is 19.9 Å². The molecule has 0 unspecified atom stereocenters. The molecule has 2 aromatic rings. The highest BCUT2D eigenvalue weighted by Crippen LogP contribution is 2.47. The number of anilines is 3. The van der Waals surface area contributed by atoms with E-state index in [1.807, 2.05) is 0 Å². The maximum atomic E-state index is 13.4. The van der Waals surface area contributed by atoms with Gasteiger partial charge in [0.15, 0.2) is 5.82 Å². The molecular weight excluding hydrogens is 401 g/mol. The molecule has 2 aromatic heterocycles. The highest BCUT2D eigenvalue weighted by atomic mass is 35.5. The van der Waals surface area contributed by atoms with Crippen molar-refractivity contribution in [1.29, 1.82) is 0 Å². The van der Waals surface area contributed by atoms with E-state index in [1.165, 1.54) is 22.2 Å². The minimum atomic E-state index is -2.75. The predicted molar refractivity (Wildman–Crippen MR) is 96.0 cm³/mol. The second-order valence-electron chi connectivity index (χ2n) is 7.02. The van der Waals surface area contributed by atoms with E-state index in [9.17, 15) is 13.6 Å². The van der Waals surface area contributed by atoms with Crippen LogP contribution in [0.25, 0.3) is 0 Å². The Bertz CT molecular complexity index is 937. The Balaban J connectivity index is 1.72. The average Bonchev–Trinajstić information content (AvgIpc) is 3.03. The van der Waals surface area contributed by atoms with Gasteiger partial charge in [-0.1, -0.05) is 11.6 Å². The molecule has 27 heavy (non-hydrogen) atoms. The van der Waals surface area contributed by atoms with Gasteiger partial charge in [-0.15, -0.1) is 0 Å². The summed E-state index contributed by atoms with van der Waals surface area (Å²) in [7, 11) is 0. The quantitative estimate of drug-likeness (QED) is 0.553. The molecule has 0 aliphatic carbocycles. The fourth-order valence-electron chi connectivity index (χ4n) is 3.32. The SMILES string of the molecule is CC1(C)C(=O)N(c2cnc(N3CCC(F)(F)C3)nc2)c2nc(Cl)nc(Cl)c21. The van der Waals surface area contributed by atoms with E-state index in [0.29, 0.717) is 11.3 Å². The van der Waals surface area contributed by atoms with Crippen molar-refractivity contribution >= 4 is 46.6 Å². The maximum Gasteiger partial charge on any atom is 0.267 e. The van der Waals surface area contributed by atoms with Crippen LogP contribution in [0, 0.1) is 0 Å². The molecule has 0 atom stereocenters. The minimum absolute atomic E-state index is 0.0916. The molecule has 2 aliphatic heterocycles. The summed E-state index contributed by atoms with van der Waals surface area (Å²) in [6.45, 7) is 3.16. The van der Waals surface area contributed by atoms with Gasteiger partial charge >= 0.3 is 0 Å². The molecule has 0 aromatic carbocycles. The third kappa shape index (κ3) is 2.89. The van der Waals surface area contributed by atoms with E-state index in [0.717, 1.165) is 0 Å². The lowest BCUT2D eigenvalue weighted by atomic mass is 9.88. The van der Waals surface area contributed by atoms with Crippen molar-refractivity contribution in [3.63, 3.8) is 0 Å². The van der Waals surface area contributed by atoms with Crippen LogP contribution in [0.15, 0.2) is 12.4 Å². The van der Waals surface area contributed by atoms with E-state index >= 15 is 0 Å². The van der Waals surface area contributed by atoms with Gasteiger partial charge < -0.3 is 4.90 Å². The van der Waals surface area contributed by atoms with Crippen molar-refractivity contribution in [3.8, 4) is 0 Å². The van der Waals surface area contributed by atoms with Crippen LogP contribution in [0.3, 0.4) is 0 Å². The summed E-state index contributed by atoms with van der Waals surface area (Å²) >= 11 is 12.1. The van der Waals surface area contributed by atoms with Crippen LogP contribution < -0.4 is 9.80 Å². The van der Waals surface area contributed by atoms with Gasteiger partial charge in [-0.3, -0.25) is 9.69 Å². The molecule has 1 saturated heterocycles. The molecule has 1 amide bonds. The van der Waals surface area contributed by atoms with Gasteiger partial charge in [0, 0.05) is 18.5 Å². The number of amides is 1. The Labute approximate surface area is 163 Å². The van der Waals surface area contributed by atoms with Gasteiger partial charge in [-0.25, -0.2) is 23.7 Å². The summed E-state index contributed by atoms with van der Waals surface area (Å²) in [6, 6.07) is 0. The molecule has 11 heteroatoms. The van der Waals surface area contributed by atoms with Gasteiger partial charge in [0.05, 0.1) is 30.0 Å². The zero-order valence-corrected chi connectivity index (χ0v) is 15.9. The first-order chi connectivity index (χ1) is 12.6. The lowest BCUT2D eigenvalue weighted by Gasteiger charge is -2.20. The predicted octanol–water partition coefficient (Wildman–Crippen LogP) is 3.37. The van der Waals surface area contributed by atoms with Crippen LogP contribution in [0.4, 0.5) is 26.2 Å². The second-order valence-corrected chi connectivity index (χ2v) is 7.71. The molecule has 0 bridgehead atoms. The number of alkyl halides is 2. The van der Waals surface area contributed by atoms with E-state index in [-0.39, 0.29) is 41.1 Å². The third-order valence-electron chi connectivity index (χ3n) is 4.73. The summed E-state index contributed by atoms with van der Waals surface area (Å²) < 4.78 is 26.8. The molecule has 2 aliphatic rings. The minimum Gasteiger partial charge on any atom is -0.335 e. The molecule has 1 fully saturated rings. The average molecular weight is 415 g/mol. The molecule has 0 saturated carbocycles. The highest BCUT2D eigenvalue weighted by Gasteiger charge is 2.48. The lowest BCUT2D eigenvalue weighted by molar-refractivity contribution is -0.121. The summed E-state index contributed by atoms with van der Waals surface area (Å²) in [4.78, 5) is 32.0. The van der Waals surface area contributed by atoms with Crippen LogP contribution in [0.1, 0.15) is 25.8 Å². The topological polar surface area (TPSA) is 75.1 Å². The largest absolute Gasteiger partial charge is 0.335 e. The van der Waals surface area contributed by atoms with Crippen LogP contribution in [-0.2, 0) is 10.2 Å². The van der Waals surface area contributed by atoms with Crippen molar-refractivity contribution in [3.05, 3.63) is 28.4 Å². The summed E-state index contributed by atoms with van der Waals surface area (Å²) in [5.41, 5.74) is -0.165. The zero-order chi connectivity index (χ0) is 19.6. The molecule has 0 spiro atoms. The molecule has 0 N–H and O–H groups in total. The smallest absolute Gasteiger partial charge is 0.267 e. The van der Waals surface area contributed by atoms with Crippen molar-refractivity contribution in [2.24, 2.45) is 0 Å². The van der Waals surface area contributed by atoms with Crippen molar-refractivity contribution in [2.45, 2.75) is 31.6 Å². The molecule has 0 radical (unpaired) electrons. The Kier molecular flexibility index (Phi) is 4.01. The lowest BCUT2D eigenvalue weighted by Crippen LogP contribution is -2.33. The fourth-order valence-corrected chi connectivity index (χ4v) is 3.93. The Morgan fingerprint density at radius 3 is 2.41 bits per heavy atom. The van der Waals surface area contributed by atoms with Crippen molar-refractivity contribution in [1.82, 2.24) is 19.9 Å². The van der Waals surface area contributed by atoms with E-state index in [1.54, 1.807) is 13.8 Å². The van der Waals surface area contributed by atoms with Gasteiger partial charge in [-0.2, -0.15) is 4.98 Å². The monoisotopic (exact) mass is 414 g/mol. The molecule has 4 heterocycles. The molecular formula is C16H14Cl2F2N6O. The number of nitrogens with zero attached hydrogens (tertiary/aromatic N) is 6. The van der Waals surface area contributed by atoms with Gasteiger partial charge in [0.25, 0.3) is 5.92 Å². The number of hydrogen-bond donors (Lipinski definition) is 0. The number of rotatable bonds is 2. The number of carbonyl (C=O) groups is 1. The maximum absolute atomic E-state index is 13.4. The summed E-state index contributed by atoms with van der Waals surface area (Å²) in [5, 5.41) is 0.00812. The zero-order valence-electron chi connectivity index (χ0n) is 14.4. The first-order valence-corrected chi connectivity index (χ1v) is 8.89. The van der Waals surface area contributed by atoms with Crippen LogP contribution in [-0.4, -0.2) is 44.9 Å². The number of hydrogen-bond acceptors (Lipinski definition) is 6. The normalized spacial score (nSPS) is 20.3. The first kappa shape index (κ1) is 18.2. The number of carbonyl (C=O) groups excluding carboxylic acids is 1. The van der Waals surface area contributed by atoms with Crippen LogP contribution >= 0.6 is 23.2 Å². The summed E-state index contributed by atoms with van der Waals surface area (Å²) in [5.74, 6) is -2.60. The van der Waals surface area contributed by atoms with Crippen molar-refractivity contribution < 1.29 is 13.6 Å². The standard InChI is InChI=1S/C16H14Cl2F2N6O/c1-15(2)9-10(17)23-13(18)24-11(9)26(12(15)27)8-5-21-14(22-6-8)25-4-3-16(19,20)7-25/h5-6H,3-4,7H2,1-2H3. The van der Waals surface area contributed by atoms with Gasteiger partial charge in [-0.05, 0) is 25.4 Å². The number of fused-ring (bicyclic) bond motifs is 1. The third-order valence-corrected chi connectivity index (χ3v) is 5.17. The van der Waals surface area contributed by atoms with E-state index in [4.69, 9.17) is 23.2 Å². The van der Waals surface area contributed by atoms with Crippen LogP contribution in [0.5, 0.6) is 0 Å². The number of aromatic nitrogens is 4. The first-order valence-electron chi connectivity index (χ1n) is 8.13. The Morgan fingerprint density at radius 2 is 1.81 bits per heavy atom. The Hall–Kier alpha value is -2.13. The number of halogens is 4. The summed E-state index contributed by atoms with van der Waals surface area (Å²) in [6.07, 6.45) is 2.55. The molecule has 142 valence electrons. The van der Waals surface area contributed by atoms with Gasteiger partial charge in [0.2, 0.25) is 17.1 Å². The Morgan fingerprint density at radius 1 is 1.15 bits per heavy atom. The highest BCUT2D eigenvalue weighted by molar-refractivity contribution is 6.34. The molecule has 4 rings (SSSR count).